The maximum Gasteiger partial charge on any atom is 0.329 e. The number of hydrogen-bond donors (Lipinski definition) is 3. The van der Waals surface area contributed by atoms with Gasteiger partial charge in [0.15, 0.2) is 0 Å². The number of H-pyrrole nitrogens is 1. The average Bonchev–Trinajstić information content (AvgIpc) is 2.55. The summed E-state index contributed by atoms with van der Waals surface area (Å²) in [4.78, 5) is 50.5. The Morgan fingerprint density at radius 1 is 1.33 bits per heavy atom. The smallest absolute Gasteiger partial charge is 0.329 e. The molecule has 0 radical (unpaired) electrons. The van der Waals surface area contributed by atoms with Crippen LogP contribution in [0.5, 0.6) is 0 Å². The van der Waals surface area contributed by atoms with Crippen LogP contribution in [0.1, 0.15) is 12.5 Å². The number of hydrogen-bond acceptors (Lipinski definition) is 5. The predicted octanol–water partition coefficient (Wildman–Crippen LogP) is 0.185. The third-order valence-corrected chi connectivity index (χ3v) is 4.10. The van der Waals surface area contributed by atoms with E-state index in [0.29, 0.717) is 11.3 Å². The molecule has 2 aromatic rings. The van der Waals surface area contributed by atoms with Gasteiger partial charge in [0.1, 0.15) is 12.6 Å². The van der Waals surface area contributed by atoms with Gasteiger partial charge in [0.25, 0.3) is 5.56 Å². The molecule has 3 N–H and O–H groups in total. The van der Waals surface area contributed by atoms with Crippen LogP contribution >= 0.6 is 11.8 Å². The van der Waals surface area contributed by atoms with E-state index >= 15 is 0 Å². The van der Waals surface area contributed by atoms with Gasteiger partial charge in [0, 0.05) is 0 Å². The standard InChI is InChI=1S/C15H17N3O5S/c1-24-7-6-11(13(21)16-8-12(19)20)18-14(22)9-4-2-3-5-10(9)17-15(18)23/h2-5,11H,6-8H2,1H3,(H,16,21)(H,17,23)(H,19,20)/t11-/m0/s1. The number of rotatable bonds is 7. The molecule has 0 spiro atoms. The molecule has 0 fully saturated rings. The van der Waals surface area contributed by atoms with E-state index in [-0.39, 0.29) is 11.8 Å². The van der Waals surface area contributed by atoms with Crippen LogP contribution in [-0.2, 0) is 9.59 Å². The van der Waals surface area contributed by atoms with E-state index in [9.17, 15) is 19.2 Å². The quantitative estimate of drug-likeness (QED) is 0.654. The van der Waals surface area contributed by atoms with Crippen LogP contribution in [0, 0.1) is 0 Å². The zero-order valence-corrected chi connectivity index (χ0v) is 13.8. The number of aromatic amines is 1. The lowest BCUT2D eigenvalue weighted by molar-refractivity contribution is -0.138. The summed E-state index contributed by atoms with van der Waals surface area (Å²) in [6.45, 7) is -0.575. The minimum absolute atomic E-state index is 0.230. The van der Waals surface area contributed by atoms with Crippen molar-refractivity contribution in [1.29, 1.82) is 0 Å². The second-order valence-corrected chi connectivity index (χ2v) is 6.05. The van der Waals surface area contributed by atoms with Gasteiger partial charge in [0.2, 0.25) is 5.91 Å². The molecule has 0 bridgehead atoms. The number of nitrogens with one attached hydrogen (secondary N) is 2. The Morgan fingerprint density at radius 2 is 2.04 bits per heavy atom. The van der Waals surface area contributed by atoms with E-state index in [4.69, 9.17) is 5.11 Å². The lowest BCUT2D eigenvalue weighted by Gasteiger charge is -2.18. The van der Waals surface area contributed by atoms with Crippen molar-refractivity contribution >= 4 is 34.5 Å². The summed E-state index contributed by atoms with van der Waals surface area (Å²) >= 11 is 1.46. The number of aliphatic carboxylic acids is 1. The van der Waals surface area contributed by atoms with Gasteiger partial charge in [-0.1, -0.05) is 12.1 Å². The predicted molar refractivity (Wildman–Crippen MR) is 91.5 cm³/mol. The summed E-state index contributed by atoms with van der Waals surface area (Å²) in [6, 6.07) is 5.44. The van der Waals surface area contributed by atoms with Gasteiger partial charge < -0.3 is 15.4 Å². The first-order valence-electron chi connectivity index (χ1n) is 7.17. The highest BCUT2D eigenvalue weighted by Crippen LogP contribution is 2.13. The Labute approximate surface area is 140 Å². The van der Waals surface area contributed by atoms with Crippen molar-refractivity contribution < 1.29 is 14.7 Å². The maximum absolute atomic E-state index is 12.6. The molecule has 8 nitrogen and oxygen atoms in total. The molecule has 0 aliphatic heterocycles. The summed E-state index contributed by atoms with van der Waals surface area (Å²) in [5.74, 6) is -1.34. The molecule has 1 aromatic heterocycles. The van der Waals surface area contributed by atoms with Crippen molar-refractivity contribution in [2.24, 2.45) is 0 Å². The van der Waals surface area contributed by atoms with Crippen LogP contribution in [0.3, 0.4) is 0 Å². The number of thioether (sulfide) groups is 1. The lowest BCUT2D eigenvalue weighted by Crippen LogP contribution is -2.45. The van der Waals surface area contributed by atoms with E-state index in [1.54, 1.807) is 24.3 Å². The van der Waals surface area contributed by atoms with Gasteiger partial charge in [-0.15, -0.1) is 0 Å². The Hall–Kier alpha value is -2.55. The van der Waals surface area contributed by atoms with Gasteiger partial charge in [-0.3, -0.25) is 14.4 Å². The van der Waals surface area contributed by atoms with Gasteiger partial charge >= 0.3 is 11.7 Å². The summed E-state index contributed by atoms with van der Waals surface area (Å²) in [7, 11) is 0. The van der Waals surface area contributed by atoms with E-state index < -0.39 is 35.7 Å². The van der Waals surface area contributed by atoms with Gasteiger partial charge in [-0.05, 0) is 30.6 Å². The largest absolute Gasteiger partial charge is 0.480 e. The van der Waals surface area contributed by atoms with E-state index in [0.717, 1.165) is 4.57 Å². The molecule has 0 saturated carbocycles. The molecule has 1 aromatic carbocycles. The Balaban J connectivity index is 2.51. The Bertz CT molecular complexity index is 873. The lowest BCUT2D eigenvalue weighted by atomic mass is 10.2. The minimum atomic E-state index is -1.20. The number of carbonyl (C=O) groups excluding carboxylic acids is 1. The molecule has 0 unspecified atom stereocenters. The molecular weight excluding hydrogens is 334 g/mol. The van der Waals surface area contributed by atoms with Gasteiger partial charge in [-0.2, -0.15) is 11.8 Å². The number of para-hydroxylation sites is 1. The average molecular weight is 351 g/mol. The van der Waals surface area contributed by atoms with E-state index in [2.05, 4.69) is 10.3 Å². The van der Waals surface area contributed by atoms with E-state index in [1.165, 1.54) is 11.8 Å². The summed E-state index contributed by atoms with van der Waals surface area (Å²) < 4.78 is 0.857. The van der Waals surface area contributed by atoms with Crippen LogP contribution in [-0.4, -0.2) is 45.1 Å². The normalized spacial score (nSPS) is 12.0. The van der Waals surface area contributed by atoms with Crippen molar-refractivity contribution in [1.82, 2.24) is 14.9 Å². The van der Waals surface area contributed by atoms with Crippen LogP contribution < -0.4 is 16.6 Å². The molecule has 0 aliphatic rings. The highest BCUT2D eigenvalue weighted by atomic mass is 32.2. The second-order valence-electron chi connectivity index (χ2n) is 5.06. The number of amides is 1. The highest BCUT2D eigenvalue weighted by molar-refractivity contribution is 7.98. The molecule has 128 valence electrons. The Morgan fingerprint density at radius 3 is 2.71 bits per heavy atom. The SMILES string of the molecule is CSCC[C@@H](C(=O)NCC(=O)O)n1c(=O)[nH]c2ccccc2c1=O. The third kappa shape index (κ3) is 3.85. The first-order chi connectivity index (χ1) is 11.5. The molecular formula is C15H17N3O5S. The molecule has 24 heavy (non-hydrogen) atoms. The summed E-state index contributed by atoms with van der Waals surface area (Å²) in [6.07, 6.45) is 2.06. The van der Waals surface area contributed by atoms with Gasteiger partial charge in [0.05, 0.1) is 10.9 Å². The molecule has 0 saturated heterocycles. The molecule has 1 atom stereocenters. The second kappa shape index (κ2) is 7.82. The number of carbonyl (C=O) groups is 2. The number of nitrogens with zero attached hydrogens (tertiary/aromatic N) is 1. The fraction of sp³-hybridized carbons (Fsp3) is 0.333. The van der Waals surface area contributed by atoms with Crippen LogP contribution in [0.25, 0.3) is 10.9 Å². The molecule has 9 heteroatoms. The first kappa shape index (κ1) is 17.8. The van der Waals surface area contributed by atoms with Gasteiger partial charge in [-0.25, -0.2) is 9.36 Å². The minimum Gasteiger partial charge on any atom is -0.480 e. The fourth-order valence-electron chi connectivity index (χ4n) is 2.35. The number of benzene rings is 1. The van der Waals surface area contributed by atoms with E-state index in [1.807, 2.05) is 6.26 Å². The van der Waals surface area contributed by atoms with Crippen molar-refractivity contribution in [3.05, 3.63) is 45.1 Å². The van der Waals surface area contributed by atoms with Crippen molar-refractivity contribution in [3.63, 3.8) is 0 Å². The molecule has 2 rings (SSSR count). The zero-order valence-electron chi connectivity index (χ0n) is 12.9. The number of carboxylic acids is 1. The van der Waals surface area contributed by atoms with Crippen molar-refractivity contribution in [2.75, 3.05) is 18.6 Å². The molecule has 1 amide bonds. The van der Waals surface area contributed by atoms with Crippen molar-refractivity contribution in [3.8, 4) is 0 Å². The monoisotopic (exact) mass is 351 g/mol. The summed E-state index contributed by atoms with van der Waals surface area (Å²) in [5, 5.41) is 11.2. The third-order valence-electron chi connectivity index (χ3n) is 3.46. The zero-order chi connectivity index (χ0) is 17.7. The Kier molecular flexibility index (Phi) is 5.80. The summed E-state index contributed by atoms with van der Waals surface area (Å²) in [5.41, 5.74) is -0.889. The van der Waals surface area contributed by atoms with Crippen LogP contribution in [0.15, 0.2) is 33.9 Å². The number of fused-ring (bicyclic) bond motifs is 1. The number of carboxylic acid groups (broad SMARTS) is 1. The van der Waals surface area contributed by atoms with Crippen LogP contribution in [0.4, 0.5) is 0 Å². The van der Waals surface area contributed by atoms with Crippen LogP contribution in [0.2, 0.25) is 0 Å². The highest BCUT2D eigenvalue weighted by Gasteiger charge is 2.24. The maximum atomic E-state index is 12.6. The molecule has 0 aliphatic carbocycles. The molecule has 1 heterocycles. The number of aromatic nitrogens is 2. The first-order valence-corrected chi connectivity index (χ1v) is 8.57. The van der Waals surface area contributed by atoms with Crippen molar-refractivity contribution in [2.45, 2.75) is 12.5 Å². The fourth-order valence-corrected chi connectivity index (χ4v) is 2.81. The topological polar surface area (TPSA) is 121 Å².